The number of hydrogen-bond donors (Lipinski definition) is 0. The molecule has 2 aliphatic rings. The Morgan fingerprint density at radius 3 is 2.56 bits per heavy atom. The predicted molar refractivity (Wildman–Crippen MR) is 133 cm³/mol. The summed E-state index contributed by atoms with van der Waals surface area (Å²) in [7, 11) is 0. The van der Waals surface area contributed by atoms with E-state index in [-0.39, 0.29) is 11.8 Å². The average molecular weight is 455 g/mol. The van der Waals surface area contributed by atoms with Crippen LogP contribution in [0.15, 0.2) is 54.6 Å². The van der Waals surface area contributed by atoms with Crippen molar-refractivity contribution in [1.29, 1.82) is 0 Å². The maximum Gasteiger partial charge on any atom is 0.230 e. The molecule has 2 aromatic carbocycles. The molecule has 1 aliphatic heterocycles. The molecule has 1 unspecified atom stereocenters. The first-order chi connectivity index (χ1) is 16.7. The molecule has 0 spiro atoms. The van der Waals surface area contributed by atoms with Gasteiger partial charge in [-0.1, -0.05) is 49.4 Å². The summed E-state index contributed by atoms with van der Waals surface area (Å²) in [6, 6.07) is 18.3. The van der Waals surface area contributed by atoms with Gasteiger partial charge in [0.05, 0.1) is 11.4 Å². The minimum Gasteiger partial charge on any atom is -0.340 e. The number of amides is 1. The van der Waals surface area contributed by atoms with E-state index in [2.05, 4.69) is 44.6 Å². The number of benzene rings is 2. The summed E-state index contributed by atoms with van der Waals surface area (Å²) >= 11 is 0. The Kier molecular flexibility index (Phi) is 5.40. The number of nitrogens with zero attached hydrogens (tertiary/aromatic N) is 6. The number of anilines is 1. The van der Waals surface area contributed by atoms with Gasteiger partial charge in [-0.15, -0.1) is 10.2 Å². The van der Waals surface area contributed by atoms with Gasteiger partial charge in [0.25, 0.3) is 0 Å². The quantitative estimate of drug-likeness (QED) is 0.448. The maximum atomic E-state index is 13.5. The highest BCUT2D eigenvalue weighted by atomic mass is 16.2. The number of para-hydroxylation sites is 1. The third-order valence-corrected chi connectivity index (χ3v) is 7.19. The molecule has 4 aromatic rings. The fourth-order valence-electron chi connectivity index (χ4n) is 5.20. The average Bonchev–Trinajstić information content (AvgIpc) is 3.67. The fourth-order valence-corrected chi connectivity index (χ4v) is 5.20. The van der Waals surface area contributed by atoms with E-state index in [1.54, 1.807) is 0 Å². The molecular weight excluding hydrogens is 424 g/mol. The summed E-state index contributed by atoms with van der Waals surface area (Å²) in [5.74, 6) is 2.55. The maximum absolute atomic E-state index is 13.5. The van der Waals surface area contributed by atoms with Crippen LogP contribution in [0.4, 0.5) is 5.95 Å². The van der Waals surface area contributed by atoms with Gasteiger partial charge in [-0.25, -0.2) is 9.38 Å². The van der Waals surface area contributed by atoms with Crippen LogP contribution in [0.1, 0.15) is 55.8 Å². The molecule has 0 bridgehead atoms. The van der Waals surface area contributed by atoms with E-state index in [0.717, 1.165) is 79.2 Å². The molecule has 1 aliphatic carbocycles. The molecule has 3 heterocycles. The lowest BCUT2D eigenvalue weighted by atomic mass is 9.95. The van der Waals surface area contributed by atoms with Crippen LogP contribution < -0.4 is 4.90 Å². The van der Waals surface area contributed by atoms with Gasteiger partial charge in [0.1, 0.15) is 5.82 Å². The van der Waals surface area contributed by atoms with Gasteiger partial charge in [-0.3, -0.25) is 4.79 Å². The van der Waals surface area contributed by atoms with Crippen molar-refractivity contribution >= 4 is 28.4 Å². The van der Waals surface area contributed by atoms with Crippen LogP contribution in [0.5, 0.6) is 0 Å². The Balaban J connectivity index is 1.31. The first-order valence-corrected chi connectivity index (χ1v) is 12.5. The van der Waals surface area contributed by atoms with Gasteiger partial charge >= 0.3 is 0 Å². The Hall–Kier alpha value is -3.48. The fraction of sp³-hybridized carbons (Fsp3) is 0.407. The van der Waals surface area contributed by atoms with Crippen molar-refractivity contribution in [2.75, 3.05) is 31.1 Å². The molecular formula is C27H30N6O. The number of carbonyl (C=O) groups is 1. The minimum atomic E-state index is -0.0856. The SMILES string of the molecule is CCC(C(=O)N1CCCN(c2nc3ccccc3c3nnc(C4CC4)n23)CC1)c1ccccc1. The second kappa shape index (κ2) is 8.70. The van der Waals surface area contributed by atoms with Crippen molar-refractivity contribution in [2.24, 2.45) is 0 Å². The lowest BCUT2D eigenvalue weighted by molar-refractivity contribution is -0.132. The first-order valence-electron chi connectivity index (χ1n) is 12.5. The summed E-state index contributed by atoms with van der Waals surface area (Å²) in [6.07, 6.45) is 4.04. The molecule has 2 aromatic heterocycles. The van der Waals surface area contributed by atoms with Crippen molar-refractivity contribution in [3.05, 3.63) is 66.0 Å². The number of hydrogen-bond acceptors (Lipinski definition) is 5. The number of carbonyl (C=O) groups excluding carboxylic acids is 1. The first kappa shape index (κ1) is 21.1. The molecule has 1 amide bonds. The molecule has 174 valence electrons. The van der Waals surface area contributed by atoms with Gasteiger partial charge in [-0.05, 0) is 43.4 Å². The van der Waals surface area contributed by atoms with Crippen LogP contribution >= 0.6 is 0 Å². The van der Waals surface area contributed by atoms with E-state index in [0.29, 0.717) is 12.5 Å². The summed E-state index contributed by atoms with van der Waals surface area (Å²) in [5, 5.41) is 10.2. The molecule has 0 radical (unpaired) electrons. The summed E-state index contributed by atoms with van der Waals surface area (Å²) in [6.45, 7) is 5.17. The number of rotatable bonds is 5. The normalized spacial score (nSPS) is 17.8. The van der Waals surface area contributed by atoms with E-state index in [1.165, 1.54) is 0 Å². The molecule has 1 atom stereocenters. The smallest absolute Gasteiger partial charge is 0.230 e. The van der Waals surface area contributed by atoms with Crippen LogP contribution in [0, 0.1) is 0 Å². The zero-order valence-corrected chi connectivity index (χ0v) is 19.6. The van der Waals surface area contributed by atoms with E-state index >= 15 is 0 Å². The van der Waals surface area contributed by atoms with E-state index in [4.69, 9.17) is 4.98 Å². The lowest BCUT2D eigenvalue weighted by Crippen LogP contribution is -2.38. The Bertz CT molecular complexity index is 1330. The van der Waals surface area contributed by atoms with Gasteiger partial charge in [0.15, 0.2) is 5.65 Å². The van der Waals surface area contributed by atoms with Crippen molar-refractivity contribution in [2.45, 2.75) is 44.4 Å². The molecule has 7 heteroatoms. The van der Waals surface area contributed by atoms with E-state index in [9.17, 15) is 4.79 Å². The monoisotopic (exact) mass is 454 g/mol. The molecule has 7 nitrogen and oxygen atoms in total. The van der Waals surface area contributed by atoms with Crippen LogP contribution in [0.3, 0.4) is 0 Å². The third-order valence-electron chi connectivity index (χ3n) is 7.19. The summed E-state index contributed by atoms with van der Waals surface area (Å²) in [4.78, 5) is 22.9. The number of aromatic nitrogens is 4. The van der Waals surface area contributed by atoms with Crippen molar-refractivity contribution in [3.63, 3.8) is 0 Å². The Labute approximate surface area is 199 Å². The minimum absolute atomic E-state index is 0.0856. The second-order valence-electron chi connectivity index (χ2n) is 9.46. The van der Waals surface area contributed by atoms with Gasteiger partial charge in [-0.2, -0.15) is 0 Å². The predicted octanol–water partition coefficient (Wildman–Crippen LogP) is 4.39. The third kappa shape index (κ3) is 3.69. The summed E-state index contributed by atoms with van der Waals surface area (Å²) < 4.78 is 2.18. The molecule has 2 fully saturated rings. The van der Waals surface area contributed by atoms with Crippen molar-refractivity contribution < 1.29 is 4.79 Å². The molecule has 1 saturated carbocycles. The van der Waals surface area contributed by atoms with Gasteiger partial charge in [0.2, 0.25) is 11.9 Å². The molecule has 0 N–H and O–H groups in total. The highest BCUT2D eigenvalue weighted by Gasteiger charge is 2.32. The zero-order valence-electron chi connectivity index (χ0n) is 19.6. The molecule has 34 heavy (non-hydrogen) atoms. The largest absolute Gasteiger partial charge is 0.340 e. The highest BCUT2D eigenvalue weighted by molar-refractivity contribution is 5.92. The highest BCUT2D eigenvalue weighted by Crippen LogP contribution is 2.40. The van der Waals surface area contributed by atoms with Crippen LogP contribution in [-0.2, 0) is 4.79 Å². The molecule has 1 saturated heterocycles. The lowest BCUT2D eigenvalue weighted by Gasteiger charge is -2.27. The van der Waals surface area contributed by atoms with E-state index in [1.807, 2.05) is 41.3 Å². The van der Waals surface area contributed by atoms with Crippen LogP contribution in [0.25, 0.3) is 16.6 Å². The Morgan fingerprint density at radius 2 is 1.76 bits per heavy atom. The van der Waals surface area contributed by atoms with Gasteiger partial charge < -0.3 is 9.80 Å². The van der Waals surface area contributed by atoms with Crippen LogP contribution in [-0.4, -0.2) is 56.6 Å². The van der Waals surface area contributed by atoms with E-state index < -0.39 is 0 Å². The van der Waals surface area contributed by atoms with Crippen molar-refractivity contribution in [1.82, 2.24) is 24.5 Å². The van der Waals surface area contributed by atoms with Gasteiger partial charge in [0, 0.05) is 37.5 Å². The Morgan fingerprint density at radius 1 is 0.971 bits per heavy atom. The van der Waals surface area contributed by atoms with Crippen LogP contribution in [0.2, 0.25) is 0 Å². The topological polar surface area (TPSA) is 66.6 Å². The number of fused-ring (bicyclic) bond motifs is 3. The molecule has 6 rings (SSSR count). The standard InChI is InChI=1S/C27H30N6O/c1-2-21(19-9-4-3-5-10-19)26(34)31-15-8-16-32(18-17-31)27-28-23-12-7-6-11-22(23)25-30-29-24(33(25)27)20-13-14-20/h3-7,9-12,20-21H,2,8,13-18H2,1H3. The second-order valence-corrected chi connectivity index (χ2v) is 9.46. The zero-order chi connectivity index (χ0) is 23.1. The van der Waals surface area contributed by atoms with Crippen molar-refractivity contribution in [3.8, 4) is 0 Å². The summed E-state index contributed by atoms with van der Waals surface area (Å²) in [5.41, 5.74) is 2.93.